The Morgan fingerprint density at radius 1 is 1.32 bits per heavy atom. The number of nitrogens with zero attached hydrogens (tertiary/aromatic N) is 1. The summed E-state index contributed by atoms with van der Waals surface area (Å²) in [6.45, 7) is 1.82. The van der Waals surface area contributed by atoms with Gasteiger partial charge in [-0.3, -0.25) is 9.69 Å². The first kappa shape index (κ1) is 15.3. The zero-order valence-electron chi connectivity index (χ0n) is 12.3. The van der Waals surface area contributed by atoms with Crippen LogP contribution in [0.4, 0.5) is 0 Å². The first-order valence-electron chi connectivity index (χ1n) is 7.50. The fourth-order valence-corrected chi connectivity index (χ4v) is 5.13. The number of rotatable bonds is 4. The van der Waals surface area contributed by atoms with Gasteiger partial charge < -0.3 is 9.73 Å². The SMILES string of the molecule is O=C(/C=C/c1ccco1)NC1CS(=O)(=O)CC1N1CCCC1. The maximum atomic E-state index is 12.0. The van der Waals surface area contributed by atoms with Crippen molar-refractivity contribution in [3.63, 3.8) is 0 Å². The number of hydrogen-bond donors (Lipinski definition) is 1. The van der Waals surface area contributed by atoms with E-state index in [1.165, 1.54) is 12.3 Å². The highest BCUT2D eigenvalue weighted by atomic mass is 32.2. The van der Waals surface area contributed by atoms with E-state index < -0.39 is 9.84 Å². The third-order valence-corrected chi connectivity index (χ3v) is 5.92. The molecule has 0 spiro atoms. The monoisotopic (exact) mass is 324 g/mol. The summed E-state index contributed by atoms with van der Waals surface area (Å²) in [6.07, 6.45) is 6.67. The van der Waals surface area contributed by atoms with Gasteiger partial charge in [-0.15, -0.1) is 0 Å². The molecule has 0 aliphatic carbocycles. The van der Waals surface area contributed by atoms with Gasteiger partial charge >= 0.3 is 0 Å². The second-order valence-electron chi connectivity index (χ2n) is 5.85. The van der Waals surface area contributed by atoms with Crippen LogP contribution in [0.15, 0.2) is 28.9 Å². The minimum atomic E-state index is -3.08. The minimum absolute atomic E-state index is 0.0223. The average molecular weight is 324 g/mol. The van der Waals surface area contributed by atoms with Crippen LogP contribution in [-0.4, -0.2) is 55.9 Å². The molecule has 2 aliphatic rings. The molecule has 22 heavy (non-hydrogen) atoms. The van der Waals surface area contributed by atoms with E-state index in [9.17, 15) is 13.2 Å². The molecule has 0 radical (unpaired) electrons. The van der Waals surface area contributed by atoms with Gasteiger partial charge in [0.25, 0.3) is 0 Å². The molecular formula is C15H20N2O4S. The Morgan fingerprint density at radius 3 is 2.77 bits per heavy atom. The number of furan rings is 1. The molecule has 2 atom stereocenters. The van der Waals surface area contributed by atoms with Crippen LogP contribution in [0.25, 0.3) is 6.08 Å². The van der Waals surface area contributed by atoms with Gasteiger partial charge in [-0.25, -0.2) is 8.42 Å². The maximum Gasteiger partial charge on any atom is 0.244 e. The highest BCUT2D eigenvalue weighted by Crippen LogP contribution is 2.22. The van der Waals surface area contributed by atoms with Crippen molar-refractivity contribution in [1.29, 1.82) is 0 Å². The van der Waals surface area contributed by atoms with Gasteiger partial charge in [0.15, 0.2) is 9.84 Å². The number of sulfone groups is 1. The second-order valence-corrected chi connectivity index (χ2v) is 8.00. The topological polar surface area (TPSA) is 79.6 Å². The van der Waals surface area contributed by atoms with Gasteiger partial charge in [-0.2, -0.15) is 0 Å². The fraction of sp³-hybridized carbons (Fsp3) is 0.533. The van der Waals surface area contributed by atoms with Gasteiger partial charge in [0.2, 0.25) is 5.91 Å². The van der Waals surface area contributed by atoms with Crippen LogP contribution in [-0.2, 0) is 14.6 Å². The Bertz CT molecular complexity index is 645. The van der Waals surface area contributed by atoms with E-state index in [2.05, 4.69) is 10.2 Å². The molecule has 1 aromatic heterocycles. The summed E-state index contributed by atoms with van der Waals surface area (Å²) in [5, 5.41) is 2.84. The number of carbonyl (C=O) groups is 1. The van der Waals surface area contributed by atoms with E-state index in [0.717, 1.165) is 25.9 Å². The summed E-state index contributed by atoms with van der Waals surface area (Å²) in [5.74, 6) is 0.460. The van der Waals surface area contributed by atoms with Crippen molar-refractivity contribution >= 4 is 21.8 Å². The lowest BCUT2D eigenvalue weighted by molar-refractivity contribution is -0.117. The zero-order valence-corrected chi connectivity index (χ0v) is 13.1. The van der Waals surface area contributed by atoms with Gasteiger partial charge in [-0.1, -0.05) is 0 Å². The fourth-order valence-electron chi connectivity index (χ4n) is 3.17. The van der Waals surface area contributed by atoms with Crippen LogP contribution in [0.5, 0.6) is 0 Å². The van der Waals surface area contributed by atoms with Crippen LogP contribution in [0.1, 0.15) is 18.6 Å². The lowest BCUT2D eigenvalue weighted by Gasteiger charge is -2.28. The Balaban J connectivity index is 1.65. The van der Waals surface area contributed by atoms with Gasteiger partial charge in [0.1, 0.15) is 5.76 Å². The number of amides is 1. The Labute approximate surface area is 130 Å². The summed E-state index contributed by atoms with van der Waals surface area (Å²) < 4.78 is 29.0. The number of nitrogens with one attached hydrogen (secondary N) is 1. The third-order valence-electron chi connectivity index (χ3n) is 4.20. The van der Waals surface area contributed by atoms with Crippen molar-refractivity contribution in [2.45, 2.75) is 24.9 Å². The van der Waals surface area contributed by atoms with Gasteiger partial charge in [0, 0.05) is 12.1 Å². The van der Waals surface area contributed by atoms with Crippen LogP contribution < -0.4 is 5.32 Å². The van der Waals surface area contributed by atoms with E-state index in [4.69, 9.17) is 4.42 Å². The molecule has 1 amide bonds. The summed E-state index contributed by atoms with van der Waals surface area (Å²) in [7, 11) is -3.08. The van der Waals surface area contributed by atoms with E-state index in [1.54, 1.807) is 18.2 Å². The largest absolute Gasteiger partial charge is 0.465 e. The zero-order chi connectivity index (χ0) is 15.6. The van der Waals surface area contributed by atoms with Crippen molar-refractivity contribution < 1.29 is 17.6 Å². The number of likely N-dealkylation sites (tertiary alicyclic amines) is 1. The van der Waals surface area contributed by atoms with Gasteiger partial charge in [0.05, 0.1) is 23.8 Å². The highest BCUT2D eigenvalue weighted by molar-refractivity contribution is 7.91. The molecule has 3 heterocycles. The standard InChI is InChI=1S/C15H20N2O4S/c18-15(6-5-12-4-3-9-21-12)16-13-10-22(19,20)11-14(13)17-7-1-2-8-17/h3-6,9,13-14H,1-2,7-8,10-11H2,(H,16,18)/b6-5+. The van der Waals surface area contributed by atoms with Crippen LogP contribution in [0.2, 0.25) is 0 Å². The molecule has 2 fully saturated rings. The van der Waals surface area contributed by atoms with Crippen molar-refractivity contribution in [1.82, 2.24) is 10.2 Å². The van der Waals surface area contributed by atoms with Crippen LogP contribution >= 0.6 is 0 Å². The summed E-state index contributed by atoms with van der Waals surface area (Å²) in [4.78, 5) is 14.2. The summed E-state index contributed by atoms with van der Waals surface area (Å²) in [6, 6.07) is 3.05. The molecule has 0 aromatic carbocycles. The molecule has 6 nitrogen and oxygen atoms in total. The van der Waals surface area contributed by atoms with Gasteiger partial charge in [-0.05, 0) is 44.1 Å². The van der Waals surface area contributed by atoms with E-state index in [0.29, 0.717) is 5.76 Å². The molecule has 0 saturated carbocycles. The average Bonchev–Trinajstić information content (AvgIpc) is 3.17. The normalized spacial score (nSPS) is 28.4. The van der Waals surface area contributed by atoms with Crippen molar-refractivity contribution in [3.8, 4) is 0 Å². The van der Waals surface area contributed by atoms with Crippen molar-refractivity contribution in [2.24, 2.45) is 0 Å². The predicted molar refractivity (Wildman–Crippen MR) is 82.9 cm³/mol. The minimum Gasteiger partial charge on any atom is -0.465 e. The molecule has 2 unspecified atom stereocenters. The highest BCUT2D eigenvalue weighted by Gasteiger charge is 2.42. The molecule has 0 bridgehead atoms. The Hall–Kier alpha value is -1.60. The quantitative estimate of drug-likeness (QED) is 0.824. The molecule has 2 aliphatic heterocycles. The lowest BCUT2D eigenvalue weighted by atomic mass is 10.1. The first-order chi connectivity index (χ1) is 10.5. The van der Waals surface area contributed by atoms with Crippen molar-refractivity contribution in [3.05, 3.63) is 30.2 Å². The smallest absolute Gasteiger partial charge is 0.244 e. The molecular weight excluding hydrogens is 304 g/mol. The maximum absolute atomic E-state index is 12.0. The predicted octanol–water partition coefficient (Wildman–Crippen LogP) is 0.670. The van der Waals surface area contributed by atoms with E-state index in [1.807, 2.05) is 0 Å². The van der Waals surface area contributed by atoms with E-state index in [-0.39, 0.29) is 29.5 Å². The molecule has 3 rings (SSSR count). The van der Waals surface area contributed by atoms with Crippen LogP contribution in [0.3, 0.4) is 0 Å². The summed E-state index contributed by atoms with van der Waals surface area (Å²) >= 11 is 0. The van der Waals surface area contributed by atoms with E-state index >= 15 is 0 Å². The molecule has 2 saturated heterocycles. The first-order valence-corrected chi connectivity index (χ1v) is 9.32. The molecule has 1 N–H and O–H groups in total. The third kappa shape index (κ3) is 3.59. The molecule has 120 valence electrons. The van der Waals surface area contributed by atoms with Crippen LogP contribution in [0, 0.1) is 0 Å². The second kappa shape index (κ2) is 6.26. The molecule has 7 heteroatoms. The molecule has 1 aromatic rings. The number of hydrogen-bond acceptors (Lipinski definition) is 5. The Kier molecular flexibility index (Phi) is 4.35. The van der Waals surface area contributed by atoms with Crippen molar-refractivity contribution in [2.75, 3.05) is 24.6 Å². The lowest BCUT2D eigenvalue weighted by Crippen LogP contribution is -2.49. The Morgan fingerprint density at radius 2 is 2.09 bits per heavy atom. The number of carbonyl (C=O) groups excluding carboxylic acids is 1. The summed E-state index contributed by atoms with van der Waals surface area (Å²) in [5.41, 5.74) is 0.